The Bertz CT molecular complexity index is 1060. The van der Waals surface area contributed by atoms with Crippen molar-refractivity contribution in [3.8, 4) is 11.1 Å². The number of hydrogen-bond acceptors (Lipinski definition) is 5. The highest BCUT2D eigenvalue weighted by atomic mass is 16.5. The number of benzene rings is 2. The second-order valence-corrected chi connectivity index (χ2v) is 8.98. The first-order valence-corrected chi connectivity index (χ1v) is 11.7. The van der Waals surface area contributed by atoms with Gasteiger partial charge in [0.05, 0.1) is 12.0 Å². The number of ether oxygens (including phenoxy) is 2. The van der Waals surface area contributed by atoms with Gasteiger partial charge in [0.25, 0.3) is 0 Å². The van der Waals surface area contributed by atoms with Crippen molar-refractivity contribution in [1.82, 2.24) is 10.2 Å². The normalized spacial score (nSPS) is 18.7. The maximum absolute atomic E-state index is 13.3. The molecule has 0 bridgehead atoms. The molecule has 1 heterocycles. The van der Waals surface area contributed by atoms with Crippen LogP contribution in [-0.4, -0.2) is 67.4 Å². The topological polar surface area (TPSA) is 105 Å². The molecule has 1 atom stereocenters. The maximum Gasteiger partial charge on any atom is 0.407 e. The molecule has 2 aromatic rings. The Morgan fingerprint density at radius 3 is 2.37 bits per heavy atom. The molecule has 2 aromatic carbocycles. The molecule has 2 aliphatic rings. The number of rotatable bonds is 9. The number of hydrogen-bond donors (Lipinski definition) is 2. The number of carboxylic acids is 1. The fourth-order valence-corrected chi connectivity index (χ4v) is 5.00. The van der Waals surface area contributed by atoms with Gasteiger partial charge < -0.3 is 24.8 Å². The lowest BCUT2D eigenvalue weighted by Crippen LogP contribution is -2.55. The summed E-state index contributed by atoms with van der Waals surface area (Å²) in [7, 11) is 0. The first-order valence-electron chi connectivity index (χ1n) is 11.7. The molecule has 1 fully saturated rings. The minimum atomic E-state index is -1.11. The van der Waals surface area contributed by atoms with Crippen LogP contribution in [0.15, 0.2) is 61.2 Å². The van der Waals surface area contributed by atoms with Gasteiger partial charge in [-0.1, -0.05) is 54.6 Å². The Balaban J connectivity index is 1.42. The predicted molar refractivity (Wildman–Crippen MR) is 130 cm³/mol. The zero-order chi connectivity index (χ0) is 24.8. The Kier molecular flexibility index (Phi) is 7.51. The lowest BCUT2D eigenvalue weighted by atomic mass is 9.80. The van der Waals surface area contributed by atoms with Crippen molar-refractivity contribution in [3.63, 3.8) is 0 Å². The quantitative estimate of drug-likeness (QED) is 0.535. The highest BCUT2D eigenvalue weighted by Crippen LogP contribution is 2.44. The van der Waals surface area contributed by atoms with Crippen LogP contribution in [0.25, 0.3) is 11.1 Å². The molecule has 1 saturated heterocycles. The molecule has 1 aliphatic carbocycles. The van der Waals surface area contributed by atoms with Gasteiger partial charge in [-0.15, -0.1) is 6.58 Å². The van der Waals surface area contributed by atoms with Gasteiger partial charge >= 0.3 is 12.1 Å². The molecule has 0 saturated carbocycles. The van der Waals surface area contributed by atoms with Crippen molar-refractivity contribution in [3.05, 3.63) is 72.3 Å². The summed E-state index contributed by atoms with van der Waals surface area (Å²) in [4.78, 5) is 38.5. The number of carbonyl (C=O) groups excluding carboxylic acids is 2. The van der Waals surface area contributed by atoms with Gasteiger partial charge in [0.15, 0.2) is 0 Å². The van der Waals surface area contributed by atoms with Gasteiger partial charge in [-0.3, -0.25) is 9.59 Å². The number of aliphatic carboxylic acids is 1. The SMILES string of the molecule is C=CCN(CC(=O)O)C(=O)C1(CNC(=O)OCC2c3ccccc3-c3ccccc32)CCCOC1. The first kappa shape index (κ1) is 24.5. The zero-order valence-corrected chi connectivity index (χ0v) is 19.6. The van der Waals surface area contributed by atoms with Crippen molar-refractivity contribution in [1.29, 1.82) is 0 Å². The van der Waals surface area contributed by atoms with Crippen molar-refractivity contribution >= 4 is 18.0 Å². The van der Waals surface area contributed by atoms with Gasteiger partial charge in [-0.25, -0.2) is 4.79 Å². The Labute approximate surface area is 204 Å². The van der Waals surface area contributed by atoms with Crippen LogP contribution < -0.4 is 5.32 Å². The Morgan fingerprint density at radius 2 is 1.80 bits per heavy atom. The molecule has 2 N–H and O–H groups in total. The van der Waals surface area contributed by atoms with Gasteiger partial charge in [-0.2, -0.15) is 0 Å². The monoisotopic (exact) mass is 478 g/mol. The van der Waals surface area contributed by atoms with E-state index in [4.69, 9.17) is 9.47 Å². The van der Waals surface area contributed by atoms with E-state index in [-0.39, 0.29) is 38.1 Å². The highest BCUT2D eigenvalue weighted by Gasteiger charge is 2.43. The van der Waals surface area contributed by atoms with Crippen LogP contribution in [0.5, 0.6) is 0 Å². The Morgan fingerprint density at radius 1 is 1.14 bits per heavy atom. The molecule has 184 valence electrons. The van der Waals surface area contributed by atoms with E-state index >= 15 is 0 Å². The summed E-state index contributed by atoms with van der Waals surface area (Å²) in [6.07, 6.45) is 1.96. The van der Waals surface area contributed by atoms with E-state index in [0.29, 0.717) is 19.4 Å². The molecule has 35 heavy (non-hydrogen) atoms. The molecule has 1 unspecified atom stereocenters. The molecular weight excluding hydrogens is 448 g/mol. The van der Waals surface area contributed by atoms with Crippen LogP contribution in [0, 0.1) is 5.41 Å². The summed E-state index contributed by atoms with van der Waals surface area (Å²) in [6, 6.07) is 16.2. The number of alkyl carbamates (subject to hydrolysis) is 1. The number of carboxylic acid groups (broad SMARTS) is 1. The highest BCUT2D eigenvalue weighted by molar-refractivity contribution is 5.87. The molecule has 8 heteroatoms. The average molecular weight is 479 g/mol. The van der Waals surface area contributed by atoms with Crippen molar-refractivity contribution in [2.75, 3.05) is 39.5 Å². The van der Waals surface area contributed by atoms with Crippen LogP contribution in [0.2, 0.25) is 0 Å². The van der Waals surface area contributed by atoms with Crippen molar-refractivity contribution in [2.24, 2.45) is 5.41 Å². The summed E-state index contributed by atoms with van der Waals surface area (Å²) >= 11 is 0. The lowest BCUT2D eigenvalue weighted by molar-refractivity contribution is -0.154. The van der Waals surface area contributed by atoms with E-state index in [2.05, 4.69) is 24.0 Å². The van der Waals surface area contributed by atoms with E-state index in [1.165, 1.54) is 11.0 Å². The lowest BCUT2D eigenvalue weighted by Gasteiger charge is -2.38. The smallest absolute Gasteiger partial charge is 0.407 e. The molecule has 0 radical (unpaired) electrons. The van der Waals surface area contributed by atoms with E-state index in [1.807, 2.05) is 36.4 Å². The van der Waals surface area contributed by atoms with E-state index < -0.39 is 24.0 Å². The molecule has 4 rings (SSSR count). The molecule has 0 spiro atoms. The number of nitrogens with zero attached hydrogens (tertiary/aromatic N) is 1. The molecule has 2 amide bonds. The van der Waals surface area contributed by atoms with Crippen molar-refractivity contribution in [2.45, 2.75) is 18.8 Å². The fraction of sp³-hybridized carbons (Fsp3) is 0.370. The molecular formula is C27H30N2O6. The minimum Gasteiger partial charge on any atom is -0.480 e. The van der Waals surface area contributed by atoms with Gasteiger partial charge in [0.1, 0.15) is 13.2 Å². The summed E-state index contributed by atoms with van der Waals surface area (Å²) in [5.74, 6) is -1.56. The summed E-state index contributed by atoms with van der Waals surface area (Å²) in [6.45, 7) is 4.04. The maximum atomic E-state index is 13.3. The van der Waals surface area contributed by atoms with Gasteiger partial charge in [0, 0.05) is 25.6 Å². The van der Waals surface area contributed by atoms with Crippen LogP contribution >= 0.6 is 0 Å². The minimum absolute atomic E-state index is 0.00420. The van der Waals surface area contributed by atoms with Crippen molar-refractivity contribution < 1.29 is 29.0 Å². The number of amides is 2. The summed E-state index contributed by atoms with van der Waals surface area (Å²) in [5.41, 5.74) is 3.45. The number of carbonyl (C=O) groups is 3. The second kappa shape index (κ2) is 10.7. The number of nitrogens with one attached hydrogen (secondary N) is 1. The van der Waals surface area contributed by atoms with Gasteiger partial charge in [0.2, 0.25) is 5.91 Å². The Hall–Kier alpha value is -3.65. The molecule has 1 aliphatic heterocycles. The second-order valence-electron chi connectivity index (χ2n) is 8.98. The van der Waals surface area contributed by atoms with E-state index in [9.17, 15) is 19.5 Å². The van der Waals surface area contributed by atoms with E-state index in [1.54, 1.807) is 0 Å². The summed E-state index contributed by atoms with van der Waals surface area (Å²) < 4.78 is 11.2. The third kappa shape index (κ3) is 5.22. The van der Waals surface area contributed by atoms with Gasteiger partial charge in [-0.05, 0) is 35.1 Å². The zero-order valence-electron chi connectivity index (χ0n) is 19.6. The van der Waals surface area contributed by atoms with E-state index in [0.717, 1.165) is 22.3 Å². The van der Waals surface area contributed by atoms with Crippen LogP contribution in [0.4, 0.5) is 4.79 Å². The predicted octanol–water partition coefficient (Wildman–Crippen LogP) is 3.42. The summed E-state index contributed by atoms with van der Waals surface area (Å²) in [5, 5.41) is 12.0. The third-order valence-corrected chi connectivity index (χ3v) is 6.65. The fourth-order valence-electron chi connectivity index (χ4n) is 5.00. The third-order valence-electron chi connectivity index (χ3n) is 6.65. The molecule has 0 aromatic heterocycles. The largest absolute Gasteiger partial charge is 0.480 e. The van der Waals surface area contributed by atoms with Crippen LogP contribution in [0.1, 0.15) is 29.9 Å². The van der Waals surface area contributed by atoms with Crippen LogP contribution in [0.3, 0.4) is 0 Å². The number of fused-ring (bicyclic) bond motifs is 3. The van der Waals surface area contributed by atoms with Crippen LogP contribution in [-0.2, 0) is 19.1 Å². The standard InChI is InChI=1S/C27H30N2O6/c1-2-13-29(15-24(30)31)25(32)27(12-7-14-34-18-27)17-28-26(33)35-16-23-21-10-5-3-8-19(21)20-9-4-6-11-22(20)23/h2-6,8-11,23H,1,7,12-18H2,(H,28,33)(H,30,31). The average Bonchev–Trinajstić information content (AvgIpc) is 3.19. The molecule has 8 nitrogen and oxygen atoms in total. The first-order chi connectivity index (χ1) is 16.9.